The summed E-state index contributed by atoms with van der Waals surface area (Å²) in [4.78, 5) is 10.8. The zero-order chi connectivity index (χ0) is 12.0. The molecule has 90 valence electrons. The molecule has 16 heavy (non-hydrogen) atoms. The van der Waals surface area contributed by atoms with Gasteiger partial charge in [-0.25, -0.2) is 4.68 Å². The maximum Gasteiger partial charge on any atom is 0.172 e. The van der Waals surface area contributed by atoms with E-state index in [1.54, 1.807) is 18.9 Å². The fourth-order valence-electron chi connectivity index (χ4n) is 1.54. The molecule has 0 aliphatic rings. The van der Waals surface area contributed by atoms with E-state index in [0.717, 1.165) is 6.42 Å². The Balaban J connectivity index is 3.00. The lowest BCUT2D eigenvalue weighted by Gasteiger charge is -2.16. The molecule has 1 atom stereocenters. The van der Waals surface area contributed by atoms with Gasteiger partial charge in [-0.3, -0.25) is 4.79 Å². The molecule has 6 heteroatoms. The summed E-state index contributed by atoms with van der Waals surface area (Å²) in [5.74, 6) is 0. The van der Waals surface area contributed by atoms with Gasteiger partial charge in [0.05, 0.1) is 24.9 Å². The van der Waals surface area contributed by atoms with E-state index in [4.69, 9.17) is 9.47 Å². The van der Waals surface area contributed by atoms with Gasteiger partial charge >= 0.3 is 0 Å². The molecular weight excluding hydrogens is 210 g/mol. The summed E-state index contributed by atoms with van der Waals surface area (Å²) in [7, 11) is 3.21. The zero-order valence-electron chi connectivity index (χ0n) is 9.84. The molecule has 1 unspecified atom stereocenters. The van der Waals surface area contributed by atoms with Crippen molar-refractivity contribution in [2.24, 2.45) is 0 Å². The Hall–Kier alpha value is -1.27. The first-order valence-electron chi connectivity index (χ1n) is 5.15. The Morgan fingerprint density at radius 2 is 2.19 bits per heavy atom. The van der Waals surface area contributed by atoms with E-state index >= 15 is 0 Å². The average Bonchev–Trinajstić information content (AvgIpc) is 2.69. The molecule has 6 nitrogen and oxygen atoms in total. The third kappa shape index (κ3) is 2.65. The highest BCUT2D eigenvalue weighted by Gasteiger charge is 2.18. The zero-order valence-corrected chi connectivity index (χ0v) is 9.84. The molecule has 0 aliphatic heterocycles. The maximum atomic E-state index is 10.8. The Bertz CT molecular complexity index is 338. The molecule has 0 aromatic carbocycles. The van der Waals surface area contributed by atoms with Crippen molar-refractivity contribution in [1.29, 1.82) is 0 Å². The molecule has 0 N–H and O–H groups in total. The van der Waals surface area contributed by atoms with Gasteiger partial charge in [0.25, 0.3) is 0 Å². The fraction of sp³-hybridized carbons (Fsp3) is 0.700. The van der Waals surface area contributed by atoms with E-state index in [9.17, 15) is 4.79 Å². The van der Waals surface area contributed by atoms with Gasteiger partial charge in [0.2, 0.25) is 0 Å². The minimum absolute atomic E-state index is 0.0800. The van der Waals surface area contributed by atoms with E-state index in [1.165, 1.54) is 0 Å². The summed E-state index contributed by atoms with van der Waals surface area (Å²) in [6, 6.07) is 0.0800. The van der Waals surface area contributed by atoms with Gasteiger partial charge in [0.15, 0.2) is 12.0 Å². The second-order valence-corrected chi connectivity index (χ2v) is 3.43. The highest BCUT2D eigenvalue weighted by Crippen LogP contribution is 2.15. The fourth-order valence-corrected chi connectivity index (χ4v) is 1.54. The van der Waals surface area contributed by atoms with E-state index < -0.39 is 0 Å². The molecule has 0 saturated heterocycles. The third-order valence-electron chi connectivity index (χ3n) is 2.39. The molecule has 1 aromatic rings. The second kappa shape index (κ2) is 6.34. The molecule has 0 saturated carbocycles. The van der Waals surface area contributed by atoms with Crippen LogP contribution in [0.5, 0.6) is 0 Å². The molecule has 0 spiro atoms. The van der Waals surface area contributed by atoms with Crippen molar-refractivity contribution in [3.05, 3.63) is 11.4 Å². The third-order valence-corrected chi connectivity index (χ3v) is 2.39. The van der Waals surface area contributed by atoms with E-state index in [-0.39, 0.29) is 6.04 Å². The lowest BCUT2D eigenvalue weighted by atomic mass is 10.2. The molecule has 1 heterocycles. The van der Waals surface area contributed by atoms with Crippen molar-refractivity contribution in [2.75, 3.05) is 20.8 Å². The smallest absolute Gasteiger partial charge is 0.172 e. The number of hydrogen-bond acceptors (Lipinski definition) is 5. The summed E-state index contributed by atoms with van der Waals surface area (Å²) in [6.07, 6.45) is 1.55. The van der Waals surface area contributed by atoms with Crippen LogP contribution < -0.4 is 0 Å². The van der Waals surface area contributed by atoms with Crippen LogP contribution in [-0.4, -0.2) is 42.1 Å². The largest absolute Gasteiger partial charge is 0.382 e. The highest BCUT2D eigenvalue weighted by molar-refractivity contribution is 5.73. The first kappa shape index (κ1) is 12.8. The number of carbonyl (C=O) groups is 1. The molecule has 0 amide bonds. The molecule has 1 rings (SSSR count). The normalized spacial score (nSPS) is 12.7. The number of carbonyl (C=O) groups excluding carboxylic acids is 1. The SMILES string of the molecule is CCC(COC)n1nnc(C=O)c1COC. The van der Waals surface area contributed by atoms with E-state index in [1.807, 2.05) is 6.92 Å². The average molecular weight is 227 g/mol. The van der Waals surface area contributed by atoms with Crippen LogP contribution in [0.2, 0.25) is 0 Å². The molecule has 0 radical (unpaired) electrons. The van der Waals surface area contributed by atoms with Crippen LogP contribution in [0.4, 0.5) is 0 Å². The molecule has 1 aromatic heterocycles. The van der Waals surface area contributed by atoms with E-state index in [0.29, 0.717) is 30.9 Å². The molecular formula is C10H17N3O3. The van der Waals surface area contributed by atoms with Crippen LogP contribution in [0.1, 0.15) is 35.6 Å². The van der Waals surface area contributed by atoms with Gasteiger partial charge in [0, 0.05) is 14.2 Å². The quantitative estimate of drug-likeness (QED) is 0.645. The van der Waals surface area contributed by atoms with Crippen LogP contribution in [-0.2, 0) is 16.1 Å². The monoisotopic (exact) mass is 227 g/mol. The molecule has 0 bridgehead atoms. The number of aldehydes is 1. The number of rotatable bonds is 7. The van der Waals surface area contributed by atoms with Crippen molar-refractivity contribution < 1.29 is 14.3 Å². The minimum Gasteiger partial charge on any atom is -0.382 e. The van der Waals surface area contributed by atoms with Crippen LogP contribution in [0.3, 0.4) is 0 Å². The standard InChI is InChI=1S/C10H17N3O3/c1-4-8(6-15-2)13-10(7-16-3)9(5-14)11-12-13/h5,8H,4,6-7H2,1-3H3. The topological polar surface area (TPSA) is 66.2 Å². The minimum atomic E-state index is 0.0800. The number of methoxy groups -OCH3 is 2. The lowest BCUT2D eigenvalue weighted by Crippen LogP contribution is -2.18. The Morgan fingerprint density at radius 3 is 2.69 bits per heavy atom. The van der Waals surface area contributed by atoms with Gasteiger partial charge in [0.1, 0.15) is 0 Å². The number of hydrogen-bond donors (Lipinski definition) is 0. The van der Waals surface area contributed by atoms with Gasteiger partial charge in [-0.05, 0) is 6.42 Å². The van der Waals surface area contributed by atoms with Crippen LogP contribution in [0.25, 0.3) is 0 Å². The van der Waals surface area contributed by atoms with Crippen LogP contribution in [0.15, 0.2) is 0 Å². The Morgan fingerprint density at radius 1 is 1.44 bits per heavy atom. The van der Waals surface area contributed by atoms with Gasteiger partial charge in [-0.2, -0.15) is 0 Å². The number of ether oxygens (including phenoxy) is 2. The summed E-state index contributed by atoms with van der Waals surface area (Å²) in [5.41, 5.74) is 1.03. The van der Waals surface area contributed by atoms with Crippen molar-refractivity contribution in [3.8, 4) is 0 Å². The lowest BCUT2D eigenvalue weighted by molar-refractivity contribution is 0.111. The van der Waals surface area contributed by atoms with Gasteiger partial charge < -0.3 is 9.47 Å². The van der Waals surface area contributed by atoms with Crippen LogP contribution >= 0.6 is 0 Å². The predicted molar refractivity (Wildman–Crippen MR) is 57.3 cm³/mol. The number of aromatic nitrogens is 3. The van der Waals surface area contributed by atoms with Gasteiger partial charge in [-0.1, -0.05) is 12.1 Å². The van der Waals surface area contributed by atoms with Crippen molar-refractivity contribution in [3.63, 3.8) is 0 Å². The summed E-state index contributed by atoms with van der Waals surface area (Å²) in [6.45, 7) is 2.89. The van der Waals surface area contributed by atoms with Crippen LogP contribution in [0, 0.1) is 0 Å². The number of nitrogens with zero attached hydrogens (tertiary/aromatic N) is 3. The summed E-state index contributed by atoms with van der Waals surface area (Å²) in [5, 5.41) is 7.78. The highest BCUT2D eigenvalue weighted by atomic mass is 16.5. The van der Waals surface area contributed by atoms with Crippen molar-refractivity contribution >= 4 is 6.29 Å². The summed E-state index contributed by atoms with van der Waals surface area (Å²) < 4.78 is 11.9. The Kier molecular flexibility index (Phi) is 5.07. The predicted octanol–water partition coefficient (Wildman–Crippen LogP) is 0.834. The van der Waals surface area contributed by atoms with Gasteiger partial charge in [-0.15, -0.1) is 5.10 Å². The molecule has 0 aliphatic carbocycles. The second-order valence-electron chi connectivity index (χ2n) is 3.43. The molecule has 0 fully saturated rings. The van der Waals surface area contributed by atoms with E-state index in [2.05, 4.69) is 10.3 Å². The Labute approximate surface area is 94.5 Å². The first-order chi connectivity index (χ1) is 7.78. The van der Waals surface area contributed by atoms with Crippen molar-refractivity contribution in [1.82, 2.24) is 15.0 Å². The first-order valence-corrected chi connectivity index (χ1v) is 5.15. The summed E-state index contributed by atoms with van der Waals surface area (Å²) >= 11 is 0. The van der Waals surface area contributed by atoms with Crippen molar-refractivity contribution in [2.45, 2.75) is 26.0 Å². The maximum absolute atomic E-state index is 10.8.